The lowest BCUT2D eigenvalue weighted by Crippen LogP contribution is -2.36. The van der Waals surface area contributed by atoms with E-state index < -0.39 is 12.0 Å². The lowest BCUT2D eigenvalue weighted by atomic mass is 10.1. The molecule has 5 nitrogen and oxygen atoms in total. The van der Waals surface area contributed by atoms with Crippen molar-refractivity contribution in [2.45, 2.75) is 25.6 Å². The summed E-state index contributed by atoms with van der Waals surface area (Å²) in [5.41, 5.74) is 1.29. The van der Waals surface area contributed by atoms with Gasteiger partial charge in [-0.3, -0.25) is 4.79 Å². The number of benzene rings is 2. The molecular formula is C20H23BrFNO4S. The largest absolute Gasteiger partial charge is 0.493 e. The molecule has 0 radical (unpaired) electrons. The Labute approximate surface area is 176 Å². The number of hydrogen-bond donors (Lipinski definition) is 2. The van der Waals surface area contributed by atoms with Crippen LogP contribution in [0.5, 0.6) is 11.5 Å². The van der Waals surface area contributed by atoms with Crippen LogP contribution >= 0.6 is 27.7 Å². The molecule has 2 aromatic rings. The van der Waals surface area contributed by atoms with Gasteiger partial charge in [0, 0.05) is 16.6 Å². The fourth-order valence-electron chi connectivity index (χ4n) is 2.54. The van der Waals surface area contributed by atoms with Gasteiger partial charge in [0.2, 0.25) is 0 Å². The average molecular weight is 472 g/mol. The molecule has 0 heterocycles. The van der Waals surface area contributed by atoms with Crippen LogP contribution in [0.15, 0.2) is 40.9 Å². The van der Waals surface area contributed by atoms with Crippen molar-refractivity contribution < 1.29 is 23.8 Å². The summed E-state index contributed by atoms with van der Waals surface area (Å²) in [5, 5.41) is 12.4. The zero-order valence-corrected chi connectivity index (χ0v) is 18.1. The van der Waals surface area contributed by atoms with Crippen LogP contribution in [0.25, 0.3) is 0 Å². The van der Waals surface area contributed by atoms with Crippen LogP contribution in [0.4, 0.5) is 4.39 Å². The summed E-state index contributed by atoms with van der Waals surface area (Å²) < 4.78 is 25.6. The van der Waals surface area contributed by atoms with Gasteiger partial charge >= 0.3 is 5.97 Å². The van der Waals surface area contributed by atoms with Crippen molar-refractivity contribution in [3.8, 4) is 11.5 Å². The molecule has 0 saturated carbocycles. The number of rotatable bonds is 11. The molecular weight excluding hydrogens is 449 g/mol. The van der Waals surface area contributed by atoms with Gasteiger partial charge in [0.15, 0.2) is 11.5 Å². The van der Waals surface area contributed by atoms with Gasteiger partial charge in [-0.15, -0.1) is 0 Å². The molecule has 8 heteroatoms. The summed E-state index contributed by atoms with van der Waals surface area (Å²) >= 11 is 5.10. The van der Waals surface area contributed by atoms with Crippen molar-refractivity contribution in [3.63, 3.8) is 0 Å². The number of thioether (sulfide) groups is 1. The number of nitrogens with one attached hydrogen (secondary N) is 1. The molecule has 0 aromatic heterocycles. The number of hydrogen-bond acceptors (Lipinski definition) is 5. The number of carboxylic acid groups (broad SMARTS) is 1. The second-order valence-corrected chi connectivity index (χ2v) is 7.87. The first-order chi connectivity index (χ1) is 13.5. The maximum atomic E-state index is 13.8. The fraction of sp³-hybridized carbons (Fsp3) is 0.350. The quantitative estimate of drug-likeness (QED) is 0.503. The Kier molecular flexibility index (Phi) is 9.08. The van der Waals surface area contributed by atoms with Gasteiger partial charge < -0.3 is 19.9 Å². The Morgan fingerprint density at radius 1 is 1.29 bits per heavy atom. The van der Waals surface area contributed by atoms with Crippen LogP contribution in [-0.2, 0) is 17.9 Å². The standard InChI is InChI=1S/C20H23BrFNO4S/c1-26-18-9-14(11-23-17(20(24)25)7-8-28-2)15(21)10-19(18)27-12-13-5-3-4-6-16(13)22/h3-6,9-10,17,23H,7-8,11-12H2,1-2H3,(H,24,25). The predicted octanol–water partition coefficient (Wildman–Crippen LogP) is 4.47. The summed E-state index contributed by atoms with van der Waals surface area (Å²) in [4.78, 5) is 11.4. The Bertz CT molecular complexity index is 806. The highest BCUT2D eigenvalue weighted by molar-refractivity contribution is 9.10. The van der Waals surface area contributed by atoms with E-state index in [-0.39, 0.29) is 12.4 Å². The molecule has 0 aliphatic rings. The van der Waals surface area contributed by atoms with Crippen LogP contribution < -0.4 is 14.8 Å². The topological polar surface area (TPSA) is 67.8 Å². The van der Waals surface area contributed by atoms with E-state index in [4.69, 9.17) is 9.47 Å². The highest BCUT2D eigenvalue weighted by Crippen LogP contribution is 2.34. The number of carboxylic acids is 1. The van der Waals surface area contributed by atoms with Crippen LogP contribution in [-0.4, -0.2) is 36.2 Å². The molecule has 2 N–H and O–H groups in total. The number of carbonyl (C=O) groups is 1. The predicted molar refractivity (Wildman–Crippen MR) is 113 cm³/mol. The average Bonchev–Trinajstić information content (AvgIpc) is 2.68. The Balaban J connectivity index is 2.09. The monoisotopic (exact) mass is 471 g/mol. The van der Waals surface area contributed by atoms with Gasteiger partial charge in [-0.05, 0) is 42.2 Å². The molecule has 152 valence electrons. The molecule has 0 fully saturated rings. The molecule has 0 saturated heterocycles. The van der Waals surface area contributed by atoms with Crippen molar-refractivity contribution in [1.29, 1.82) is 0 Å². The Hall–Kier alpha value is -1.77. The van der Waals surface area contributed by atoms with E-state index in [0.717, 1.165) is 15.8 Å². The van der Waals surface area contributed by atoms with E-state index in [9.17, 15) is 14.3 Å². The molecule has 2 rings (SSSR count). The van der Waals surface area contributed by atoms with Gasteiger partial charge in [-0.2, -0.15) is 11.8 Å². The maximum Gasteiger partial charge on any atom is 0.320 e. The second kappa shape index (κ2) is 11.3. The first-order valence-electron chi connectivity index (χ1n) is 8.64. The maximum absolute atomic E-state index is 13.8. The zero-order chi connectivity index (χ0) is 20.5. The van der Waals surface area contributed by atoms with Crippen LogP contribution in [0.1, 0.15) is 17.5 Å². The van der Waals surface area contributed by atoms with E-state index in [1.807, 2.05) is 6.26 Å². The molecule has 0 spiro atoms. The van der Waals surface area contributed by atoms with Crippen molar-refractivity contribution in [3.05, 3.63) is 57.8 Å². The van der Waals surface area contributed by atoms with E-state index in [1.54, 1.807) is 42.1 Å². The molecule has 0 amide bonds. The molecule has 1 unspecified atom stereocenters. The van der Waals surface area contributed by atoms with Crippen LogP contribution in [0, 0.1) is 5.82 Å². The number of aliphatic carboxylic acids is 1. The normalized spacial score (nSPS) is 11.9. The van der Waals surface area contributed by atoms with Gasteiger partial charge in [-0.25, -0.2) is 4.39 Å². The third-order valence-corrected chi connectivity index (χ3v) is 5.50. The number of ether oxygens (including phenoxy) is 2. The van der Waals surface area contributed by atoms with Crippen molar-refractivity contribution in [2.75, 3.05) is 19.1 Å². The molecule has 0 bridgehead atoms. The van der Waals surface area contributed by atoms with E-state index in [2.05, 4.69) is 21.2 Å². The lowest BCUT2D eigenvalue weighted by Gasteiger charge is -2.17. The van der Waals surface area contributed by atoms with Crippen molar-refractivity contribution >= 4 is 33.7 Å². The van der Waals surface area contributed by atoms with Crippen LogP contribution in [0.2, 0.25) is 0 Å². The molecule has 0 aliphatic heterocycles. The van der Waals surface area contributed by atoms with Crippen molar-refractivity contribution in [1.82, 2.24) is 5.32 Å². The van der Waals surface area contributed by atoms with E-state index >= 15 is 0 Å². The van der Waals surface area contributed by atoms with Crippen molar-refractivity contribution in [2.24, 2.45) is 0 Å². The molecule has 2 aromatic carbocycles. The van der Waals surface area contributed by atoms with E-state index in [0.29, 0.717) is 30.0 Å². The summed E-state index contributed by atoms with van der Waals surface area (Å²) in [5.74, 6) is 0.524. The fourth-order valence-corrected chi connectivity index (χ4v) is 3.47. The lowest BCUT2D eigenvalue weighted by molar-refractivity contribution is -0.139. The summed E-state index contributed by atoms with van der Waals surface area (Å²) in [6, 6.07) is 9.32. The summed E-state index contributed by atoms with van der Waals surface area (Å²) in [6.45, 7) is 0.429. The Morgan fingerprint density at radius 3 is 2.68 bits per heavy atom. The van der Waals surface area contributed by atoms with Gasteiger partial charge in [0.1, 0.15) is 18.5 Å². The third kappa shape index (κ3) is 6.39. The van der Waals surface area contributed by atoms with Gasteiger partial charge in [-0.1, -0.05) is 34.1 Å². The molecule has 1 atom stereocenters. The molecule has 28 heavy (non-hydrogen) atoms. The number of halogens is 2. The minimum atomic E-state index is -0.873. The second-order valence-electron chi connectivity index (χ2n) is 6.03. The smallest absolute Gasteiger partial charge is 0.320 e. The Morgan fingerprint density at radius 2 is 2.04 bits per heavy atom. The summed E-state index contributed by atoms with van der Waals surface area (Å²) in [7, 11) is 1.52. The minimum absolute atomic E-state index is 0.0723. The van der Waals surface area contributed by atoms with Gasteiger partial charge in [0.25, 0.3) is 0 Å². The SMILES string of the molecule is COc1cc(CNC(CCSC)C(=O)O)c(Br)cc1OCc1ccccc1F. The zero-order valence-electron chi connectivity index (χ0n) is 15.7. The highest BCUT2D eigenvalue weighted by Gasteiger charge is 2.18. The van der Waals surface area contributed by atoms with Gasteiger partial charge in [0.05, 0.1) is 7.11 Å². The minimum Gasteiger partial charge on any atom is -0.493 e. The highest BCUT2D eigenvalue weighted by atomic mass is 79.9. The number of methoxy groups -OCH3 is 1. The first-order valence-corrected chi connectivity index (χ1v) is 10.8. The van der Waals surface area contributed by atoms with Crippen LogP contribution in [0.3, 0.4) is 0 Å². The summed E-state index contributed by atoms with van der Waals surface area (Å²) in [6.07, 6.45) is 2.48. The molecule has 0 aliphatic carbocycles. The third-order valence-electron chi connectivity index (χ3n) is 4.12. The first kappa shape index (κ1) is 22.5. The van der Waals surface area contributed by atoms with E-state index in [1.165, 1.54) is 13.2 Å².